The van der Waals surface area contributed by atoms with Crippen LogP contribution in [0.5, 0.6) is 0 Å². The van der Waals surface area contributed by atoms with Crippen LogP contribution in [0.1, 0.15) is 71.4 Å². The molecule has 2 saturated carbocycles. The van der Waals surface area contributed by atoms with Gasteiger partial charge in [-0.3, -0.25) is 19.4 Å². The van der Waals surface area contributed by atoms with Gasteiger partial charge in [0.05, 0.1) is 22.9 Å². The van der Waals surface area contributed by atoms with E-state index in [1.807, 2.05) is 84.3 Å². The lowest BCUT2D eigenvalue weighted by atomic mass is 10.1. The number of anilines is 2. The number of hydrogen-bond donors (Lipinski definition) is 3. The zero-order valence-corrected chi connectivity index (χ0v) is 47.7. The van der Waals surface area contributed by atoms with Crippen LogP contribution in [0.4, 0.5) is 29.6 Å². The summed E-state index contributed by atoms with van der Waals surface area (Å²) in [6, 6.07) is 16.2. The fraction of sp³-hybridized carbons (Fsp3) is 0.418. The molecule has 2 aliphatic heterocycles. The Morgan fingerprint density at radius 3 is 1.46 bits per heavy atom. The minimum Gasteiger partial charge on any atom is -0.478 e. The molecule has 18 nitrogen and oxygen atoms in total. The van der Waals surface area contributed by atoms with Gasteiger partial charge in [0.25, 0.3) is 0 Å². The summed E-state index contributed by atoms with van der Waals surface area (Å²) in [5.41, 5.74) is 16.6. The lowest BCUT2D eigenvalue weighted by molar-refractivity contribution is -0.156. The molecule has 80 heavy (non-hydrogen) atoms. The predicted octanol–water partition coefficient (Wildman–Crippen LogP) is 11.0. The normalized spacial score (nSPS) is 17.4. The number of hydrogen-bond acceptors (Lipinski definition) is 13. The third-order valence-electron chi connectivity index (χ3n) is 13.6. The third-order valence-corrected chi connectivity index (χ3v) is 14.8. The number of nitrogens with zero attached hydrogens (tertiary/aromatic N) is 10. The van der Waals surface area contributed by atoms with Crippen LogP contribution < -0.4 is 11.5 Å². The highest BCUT2D eigenvalue weighted by molar-refractivity contribution is 6.36. The monoisotopic (exact) mass is 1180 g/mol. The number of aliphatic carboxylic acids is 1. The number of aromatic nitrogens is 6. The Bertz CT molecular complexity index is 3230. The van der Waals surface area contributed by atoms with E-state index in [0.717, 1.165) is 53.6 Å². The van der Waals surface area contributed by atoms with Gasteiger partial charge in [-0.1, -0.05) is 82.8 Å². The lowest BCUT2D eigenvalue weighted by Gasteiger charge is -2.24. The van der Waals surface area contributed by atoms with E-state index in [1.165, 1.54) is 44.4 Å². The number of likely N-dealkylation sites (N-methyl/N-ethyl adjacent to an activating group) is 2. The predicted molar refractivity (Wildman–Crippen MR) is 306 cm³/mol. The van der Waals surface area contributed by atoms with Crippen LogP contribution in [0.15, 0.2) is 85.5 Å². The fourth-order valence-electron chi connectivity index (χ4n) is 9.35. The van der Waals surface area contributed by atoms with Crippen LogP contribution in [0.3, 0.4) is 0 Å². The van der Waals surface area contributed by atoms with E-state index in [1.54, 1.807) is 29.2 Å². The van der Waals surface area contributed by atoms with Gasteiger partial charge in [-0.15, -0.1) is 0 Å². The second kappa shape index (κ2) is 26.4. The van der Waals surface area contributed by atoms with Crippen molar-refractivity contribution in [1.82, 2.24) is 48.7 Å². The smallest absolute Gasteiger partial charge is 0.446 e. The summed E-state index contributed by atoms with van der Waals surface area (Å²) in [6.45, 7) is 9.38. The molecule has 0 spiro atoms. The maximum atomic E-state index is 12.8. The second-order valence-corrected chi connectivity index (χ2v) is 22.3. The molecule has 4 aromatic heterocycles. The maximum absolute atomic E-state index is 12.8. The molecule has 5 N–H and O–H groups in total. The third kappa shape index (κ3) is 15.9. The van der Waals surface area contributed by atoms with E-state index in [-0.39, 0.29) is 24.1 Å². The number of halogens is 7. The molecule has 4 aliphatic rings. The van der Waals surface area contributed by atoms with Crippen LogP contribution >= 0.6 is 46.4 Å². The van der Waals surface area contributed by atoms with Gasteiger partial charge in [0.1, 0.15) is 51.5 Å². The van der Waals surface area contributed by atoms with Crippen molar-refractivity contribution in [2.24, 2.45) is 0 Å². The van der Waals surface area contributed by atoms with E-state index >= 15 is 0 Å². The Balaban J connectivity index is 0.000000180. The summed E-state index contributed by atoms with van der Waals surface area (Å²) in [5, 5.41) is 12.0. The van der Waals surface area contributed by atoms with Crippen LogP contribution in [-0.2, 0) is 19.1 Å². The second-order valence-electron chi connectivity index (χ2n) is 20.7. The Labute approximate surface area is 481 Å². The fourth-order valence-corrected chi connectivity index (χ4v) is 10.5. The molecule has 0 radical (unpaired) electrons. The quantitative estimate of drug-likeness (QED) is 0.0766. The van der Waals surface area contributed by atoms with Crippen molar-refractivity contribution in [2.45, 2.75) is 95.2 Å². The van der Waals surface area contributed by atoms with Gasteiger partial charge in [0.2, 0.25) is 12.2 Å². The number of carboxylic acid groups (broad SMARTS) is 1. The van der Waals surface area contributed by atoms with Crippen molar-refractivity contribution < 1.29 is 42.2 Å². The SMILES string of the molecule is CC(C)(C)OC(=O)N1CC[C@@H](n2c(Cl)c(-c3ccc(Cl)cc3)c3c(N)ncnc32)C1.CN(C/C=C/C(=O)N1CC[C@@H](n2c(Cl)c(-c3ccc(Cl)cc3)c3c(N)ncnc32)C1)C1CC1.CN(C/C=C/C(=O)O)C1CC1.O=CC(F)(F)F. The number of aldehydes is 1. The molecule has 2 saturated heterocycles. The van der Waals surface area contributed by atoms with E-state index in [2.05, 4.69) is 36.8 Å². The van der Waals surface area contributed by atoms with E-state index in [0.29, 0.717) is 86.9 Å². The average Bonchev–Trinajstić information content (AvgIpc) is 4.49. The minimum absolute atomic E-state index is 0.00170. The minimum atomic E-state index is -4.64. The molecular weight excluding hydrogens is 1120 g/mol. The molecule has 2 aliphatic carbocycles. The average molecular weight is 1190 g/mol. The number of benzene rings is 2. The molecule has 4 fully saturated rings. The first-order valence-electron chi connectivity index (χ1n) is 25.7. The number of amides is 2. The highest BCUT2D eigenvalue weighted by Crippen LogP contribution is 2.45. The number of carboxylic acids is 1. The number of carbonyl (C=O) groups is 4. The van der Waals surface area contributed by atoms with Crippen LogP contribution in [-0.4, -0.2) is 155 Å². The number of likely N-dealkylation sites (tertiary alicyclic amines) is 2. The van der Waals surface area contributed by atoms with Crippen molar-refractivity contribution in [3.63, 3.8) is 0 Å². The Hall–Kier alpha value is -6.49. The van der Waals surface area contributed by atoms with Crippen molar-refractivity contribution in [3.8, 4) is 22.3 Å². The number of rotatable bonds is 12. The first kappa shape index (κ1) is 61.1. The number of ether oxygens (including phenoxy) is 1. The number of carbonyl (C=O) groups excluding carboxylic acids is 3. The van der Waals surface area contributed by atoms with Crippen molar-refractivity contribution in [2.75, 3.05) is 64.8 Å². The lowest BCUT2D eigenvalue weighted by Crippen LogP contribution is -2.35. The zero-order chi connectivity index (χ0) is 58.2. The first-order valence-corrected chi connectivity index (χ1v) is 27.2. The Morgan fingerprint density at radius 1 is 0.675 bits per heavy atom. The zero-order valence-electron chi connectivity index (χ0n) is 44.7. The van der Waals surface area contributed by atoms with Crippen molar-refractivity contribution in [3.05, 3.63) is 106 Å². The molecule has 2 atom stereocenters. The standard InChI is InChI=1S/C24H26Cl2N6O.C21H23Cl2N5O2.C8H13NO2.C2HF3O/c1-30(17-8-9-17)11-2-3-19(33)31-12-10-18(13-31)32-22(26)20(15-4-6-16(25)7-5-15)21-23(27)28-14-29-24(21)32;1-21(2,3)30-20(29)27-9-8-14(10-27)28-17(23)15(12-4-6-13(22)7-5-12)16-18(24)25-11-26-19(16)28;1-9(7-4-5-7)6-2-3-8(10)11;3-2(4,5)1-6/h2-7,14,17-18H,8-13H2,1H3,(H2,27,28,29);4-7,11,14H,8-10H2,1-3H3,(H2,24,25,26);2-3,7H,4-6H2,1H3,(H,10,11);1H/b3-2+;;3-2+;/t18-;14-;;/m11../s1. The van der Waals surface area contributed by atoms with Gasteiger partial charge in [0, 0.05) is 84.7 Å². The van der Waals surface area contributed by atoms with Gasteiger partial charge in [-0.05, 0) is 109 Å². The molecule has 428 valence electrons. The van der Waals surface area contributed by atoms with E-state index in [9.17, 15) is 27.6 Å². The van der Waals surface area contributed by atoms with Gasteiger partial charge in [-0.2, -0.15) is 13.2 Å². The molecule has 6 heterocycles. The number of nitrogen functional groups attached to an aromatic ring is 2. The number of nitrogens with two attached hydrogens (primary N) is 2. The van der Waals surface area contributed by atoms with E-state index in [4.69, 9.17) is 72.5 Å². The van der Waals surface area contributed by atoms with Crippen molar-refractivity contribution >= 4 is 104 Å². The van der Waals surface area contributed by atoms with E-state index < -0.39 is 24.0 Å². The molecule has 0 unspecified atom stereocenters. The summed E-state index contributed by atoms with van der Waals surface area (Å²) in [6.07, 6.45) is 9.92. The highest BCUT2D eigenvalue weighted by atomic mass is 35.5. The summed E-state index contributed by atoms with van der Waals surface area (Å²) >= 11 is 26.0. The van der Waals surface area contributed by atoms with Crippen molar-refractivity contribution in [1.29, 1.82) is 0 Å². The topological polar surface area (TPSA) is 224 Å². The van der Waals surface area contributed by atoms with Crippen LogP contribution in [0.25, 0.3) is 44.3 Å². The Kier molecular flexibility index (Phi) is 20.2. The molecule has 10 rings (SSSR count). The van der Waals surface area contributed by atoms with Crippen LogP contribution in [0, 0.1) is 0 Å². The largest absolute Gasteiger partial charge is 0.478 e. The number of alkyl halides is 3. The Morgan fingerprint density at radius 2 is 1.07 bits per heavy atom. The van der Waals surface area contributed by atoms with Gasteiger partial charge >= 0.3 is 18.2 Å². The van der Waals surface area contributed by atoms with Gasteiger partial charge in [0.15, 0.2) is 0 Å². The molecule has 0 bridgehead atoms. The summed E-state index contributed by atoms with van der Waals surface area (Å²) < 4.78 is 40.7. The van der Waals surface area contributed by atoms with Crippen LogP contribution in [0.2, 0.25) is 20.4 Å². The maximum Gasteiger partial charge on any atom is 0.446 e. The molecule has 6 aromatic rings. The molecular formula is C55H63Cl4F3N12O6. The highest BCUT2D eigenvalue weighted by Gasteiger charge is 2.36. The first-order chi connectivity index (χ1) is 37.8. The van der Waals surface area contributed by atoms with Gasteiger partial charge < -0.3 is 40.2 Å². The summed E-state index contributed by atoms with van der Waals surface area (Å²) in [4.78, 5) is 69.4. The summed E-state index contributed by atoms with van der Waals surface area (Å²) in [5.74, 6) is -0.109. The molecule has 25 heteroatoms. The number of fused-ring (bicyclic) bond motifs is 2. The van der Waals surface area contributed by atoms with Gasteiger partial charge in [-0.25, -0.2) is 29.5 Å². The summed E-state index contributed by atoms with van der Waals surface area (Å²) in [7, 11) is 4.12. The molecule has 2 amide bonds. The molecule has 2 aromatic carbocycles.